The van der Waals surface area contributed by atoms with Crippen LogP contribution in [0, 0.1) is 0 Å². The van der Waals surface area contributed by atoms with Crippen LogP contribution in [0.1, 0.15) is 24.8 Å². The summed E-state index contributed by atoms with van der Waals surface area (Å²) in [5.74, 6) is 0.877. The Morgan fingerprint density at radius 1 is 1.09 bits per heavy atom. The molecule has 1 aliphatic rings. The molecule has 118 valence electrons. The van der Waals surface area contributed by atoms with Gasteiger partial charge in [-0.3, -0.25) is 4.79 Å². The fourth-order valence-corrected chi connectivity index (χ4v) is 3.24. The fourth-order valence-electron chi connectivity index (χ4n) is 3.24. The number of hydrogen-bond acceptors (Lipinski definition) is 4. The summed E-state index contributed by atoms with van der Waals surface area (Å²) in [6.07, 6.45) is 5.23. The van der Waals surface area contributed by atoms with Gasteiger partial charge < -0.3 is 9.47 Å². The van der Waals surface area contributed by atoms with Gasteiger partial charge in [0.1, 0.15) is 11.0 Å². The SMILES string of the molecule is O=c1[nH]ncc2nc(N3CCCCC3)n(Cc3ccccc3)c12. The third kappa shape index (κ3) is 2.60. The monoisotopic (exact) mass is 309 g/mol. The van der Waals surface area contributed by atoms with Crippen LogP contribution in [-0.2, 0) is 6.54 Å². The zero-order valence-corrected chi connectivity index (χ0v) is 12.9. The van der Waals surface area contributed by atoms with Gasteiger partial charge in [0.15, 0.2) is 0 Å². The Hall–Kier alpha value is -2.63. The highest BCUT2D eigenvalue weighted by molar-refractivity contribution is 5.77. The Balaban J connectivity index is 1.85. The van der Waals surface area contributed by atoms with Crippen LogP contribution in [0.3, 0.4) is 0 Å². The number of fused-ring (bicyclic) bond motifs is 1. The van der Waals surface area contributed by atoms with Crippen molar-refractivity contribution in [1.29, 1.82) is 0 Å². The van der Waals surface area contributed by atoms with E-state index >= 15 is 0 Å². The highest BCUT2D eigenvalue weighted by Gasteiger charge is 2.21. The molecule has 1 aromatic carbocycles. The van der Waals surface area contributed by atoms with Crippen molar-refractivity contribution in [2.75, 3.05) is 18.0 Å². The Labute approximate surface area is 133 Å². The second-order valence-electron chi connectivity index (χ2n) is 5.96. The third-order valence-electron chi connectivity index (χ3n) is 4.36. The van der Waals surface area contributed by atoms with Crippen LogP contribution in [0.2, 0.25) is 0 Å². The number of hydrogen-bond donors (Lipinski definition) is 1. The molecule has 3 aromatic rings. The van der Waals surface area contributed by atoms with Gasteiger partial charge in [-0.15, -0.1) is 0 Å². The first kappa shape index (κ1) is 14.0. The van der Waals surface area contributed by atoms with Gasteiger partial charge in [-0.1, -0.05) is 30.3 Å². The molecule has 1 fully saturated rings. The average molecular weight is 309 g/mol. The molecular weight excluding hydrogens is 290 g/mol. The maximum atomic E-state index is 12.3. The summed E-state index contributed by atoms with van der Waals surface area (Å²) in [6.45, 7) is 2.61. The molecule has 1 aliphatic heterocycles. The van der Waals surface area contributed by atoms with Crippen molar-refractivity contribution in [3.05, 3.63) is 52.4 Å². The third-order valence-corrected chi connectivity index (χ3v) is 4.36. The lowest BCUT2D eigenvalue weighted by Gasteiger charge is -2.28. The summed E-state index contributed by atoms with van der Waals surface area (Å²) in [5.41, 5.74) is 2.23. The number of rotatable bonds is 3. The summed E-state index contributed by atoms with van der Waals surface area (Å²) in [6, 6.07) is 10.2. The number of nitrogens with zero attached hydrogens (tertiary/aromatic N) is 4. The molecule has 1 N–H and O–H groups in total. The Bertz CT molecular complexity index is 862. The van der Waals surface area contributed by atoms with E-state index in [-0.39, 0.29) is 5.56 Å². The molecule has 4 rings (SSSR count). The lowest BCUT2D eigenvalue weighted by Crippen LogP contribution is -2.32. The first-order chi connectivity index (χ1) is 11.3. The second-order valence-corrected chi connectivity index (χ2v) is 5.96. The van der Waals surface area contributed by atoms with Crippen molar-refractivity contribution >= 4 is 17.0 Å². The van der Waals surface area contributed by atoms with Crippen LogP contribution in [-0.4, -0.2) is 32.8 Å². The molecule has 3 heterocycles. The van der Waals surface area contributed by atoms with Crippen LogP contribution in [0.15, 0.2) is 41.3 Å². The van der Waals surface area contributed by atoms with E-state index in [9.17, 15) is 4.79 Å². The zero-order chi connectivity index (χ0) is 15.6. The maximum absolute atomic E-state index is 12.3. The minimum atomic E-state index is -0.186. The number of piperidine rings is 1. The van der Waals surface area contributed by atoms with E-state index in [2.05, 4.69) is 27.2 Å². The van der Waals surface area contributed by atoms with E-state index in [1.54, 1.807) is 6.20 Å². The molecular formula is C17H19N5O. The fraction of sp³-hybridized carbons (Fsp3) is 0.353. The largest absolute Gasteiger partial charge is 0.342 e. The van der Waals surface area contributed by atoms with Crippen LogP contribution >= 0.6 is 0 Å². The van der Waals surface area contributed by atoms with Crippen molar-refractivity contribution in [2.24, 2.45) is 0 Å². The average Bonchev–Trinajstić information content (AvgIpc) is 2.96. The number of aromatic amines is 1. The first-order valence-electron chi connectivity index (χ1n) is 8.06. The van der Waals surface area contributed by atoms with Gasteiger partial charge in [-0.25, -0.2) is 10.1 Å². The van der Waals surface area contributed by atoms with Crippen molar-refractivity contribution in [1.82, 2.24) is 19.7 Å². The number of imidazole rings is 1. The summed E-state index contributed by atoms with van der Waals surface area (Å²) < 4.78 is 2.02. The summed E-state index contributed by atoms with van der Waals surface area (Å²) in [5, 5.41) is 6.42. The lowest BCUT2D eigenvalue weighted by atomic mass is 10.1. The number of nitrogens with one attached hydrogen (secondary N) is 1. The van der Waals surface area contributed by atoms with Crippen LogP contribution < -0.4 is 10.5 Å². The molecule has 2 aromatic heterocycles. The number of benzene rings is 1. The lowest BCUT2D eigenvalue weighted by molar-refractivity contribution is 0.560. The van der Waals surface area contributed by atoms with Crippen LogP contribution in [0.4, 0.5) is 5.95 Å². The van der Waals surface area contributed by atoms with E-state index in [1.165, 1.54) is 19.3 Å². The molecule has 1 saturated heterocycles. The van der Waals surface area contributed by atoms with E-state index < -0.39 is 0 Å². The van der Waals surface area contributed by atoms with Gasteiger partial charge in [-0.05, 0) is 24.8 Å². The predicted molar refractivity (Wildman–Crippen MR) is 89.8 cm³/mol. The zero-order valence-electron chi connectivity index (χ0n) is 12.9. The van der Waals surface area contributed by atoms with E-state index in [1.807, 2.05) is 22.8 Å². The topological polar surface area (TPSA) is 66.8 Å². The number of H-pyrrole nitrogens is 1. The Kier molecular flexibility index (Phi) is 3.57. The molecule has 0 spiro atoms. The van der Waals surface area contributed by atoms with Gasteiger partial charge in [0.25, 0.3) is 5.56 Å². The van der Waals surface area contributed by atoms with Crippen LogP contribution in [0.25, 0.3) is 11.0 Å². The number of anilines is 1. The highest BCUT2D eigenvalue weighted by Crippen LogP contribution is 2.24. The molecule has 0 radical (unpaired) electrons. The minimum absolute atomic E-state index is 0.186. The molecule has 0 bridgehead atoms. The predicted octanol–water partition coefficient (Wildman–Crippen LogP) is 2.16. The smallest absolute Gasteiger partial charge is 0.290 e. The van der Waals surface area contributed by atoms with Crippen LogP contribution in [0.5, 0.6) is 0 Å². The molecule has 0 saturated carbocycles. The molecule has 23 heavy (non-hydrogen) atoms. The van der Waals surface area contributed by atoms with Gasteiger partial charge in [0.2, 0.25) is 5.95 Å². The molecule has 0 aliphatic carbocycles. The second kappa shape index (κ2) is 5.87. The summed E-state index contributed by atoms with van der Waals surface area (Å²) in [7, 11) is 0. The normalized spacial score (nSPS) is 15.2. The molecule has 0 amide bonds. The first-order valence-corrected chi connectivity index (χ1v) is 8.06. The number of aromatic nitrogens is 4. The van der Waals surface area contributed by atoms with E-state index in [4.69, 9.17) is 4.98 Å². The van der Waals surface area contributed by atoms with Gasteiger partial charge in [0.05, 0.1) is 12.7 Å². The molecule has 0 atom stereocenters. The summed E-state index contributed by atoms with van der Waals surface area (Å²) >= 11 is 0. The van der Waals surface area contributed by atoms with Crippen molar-refractivity contribution in [3.8, 4) is 0 Å². The van der Waals surface area contributed by atoms with Crippen molar-refractivity contribution in [3.63, 3.8) is 0 Å². The van der Waals surface area contributed by atoms with Crippen molar-refractivity contribution < 1.29 is 0 Å². The minimum Gasteiger partial charge on any atom is -0.342 e. The molecule has 6 heteroatoms. The molecule has 0 unspecified atom stereocenters. The van der Waals surface area contributed by atoms with Gasteiger partial charge >= 0.3 is 0 Å². The van der Waals surface area contributed by atoms with Gasteiger partial charge in [-0.2, -0.15) is 5.10 Å². The standard InChI is InChI=1S/C17H19N5O/c23-16-15-14(11-18-20-16)19-17(21-9-5-2-6-10-21)22(15)12-13-7-3-1-4-8-13/h1,3-4,7-8,11H,2,5-6,9-10,12H2,(H,20,23). The van der Waals surface area contributed by atoms with Crippen molar-refractivity contribution in [2.45, 2.75) is 25.8 Å². The van der Waals surface area contributed by atoms with E-state index in [0.717, 1.165) is 24.6 Å². The quantitative estimate of drug-likeness (QED) is 0.805. The molecule has 6 nitrogen and oxygen atoms in total. The summed E-state index contributed by atoms with van der Waals surface area (Å²) in [4.78, 5) is 19.3. The van der Waals surface area contributed by atoms with Gasteiger partial charge in [0, 0.05) is 13.1 Å². The van der Waals surface area contributed by atoms with E-state index in [0.29, 0.717) is 17.6 Å². The highest BCUT2D eigenvalue weighted by atomic mass is 16.1. The maximum Gasteiger partial charge on any atom is 0.290 e. The Morgan fingerprint density at radius 2 is 1.87 bits per heavy atom. The Morgan fingerprint density at radius 3 is 2.65 bits per heavy atom.